The monoisotopic (exact) mass is 460 g/mol. The van der Waals surface area contributed by atoms with Gasteiger partial charge >= 0.3 is 6.03 Å². The second-order valence-corrected chi connectivity index (χ2v) is 7.73. The molecule has 4 amide bonds. The Morgan fingerprint density at radius 1 is 1.06 bits per heavy atom. The second-order valence-electron chi connectivity index (χ2n) is 7.73. The Labute approximate surface area is 196 Å². The molecule has 34 heavy (non-hydrogen) atoms. The van der Waals surface area contributed by atoms with Gasteiger partial charge in [-0.3, -0.25) is 19.9 Å². The number of imide groups is 1. The molecule has 9 nitrogen and oxygen atoms in total. The molecule has 9 heteroatoms. The number of hydrogen-bond donors (Lipinski definition) is 2. The lowest BCUT2D eigenvalue weighted by Crippen LogP contribution is -2.42. The molecule has 0 bridgehead atoms. The van der Waals surface area contributed by atoms with E-state index in [0.29, 0.717) is 30.0 Å². The van der Waals surface area contributed by atoms with Crippen molar-refractivity contribution in [2.45, 2.75) is 12.6 Å². The predicted octanol–water partition coefficient (Wildman–Crippen LogP) is 2.92. The zero-order valence-electron chi connectivity index (χ0n) is 18.8. The number of rotatable bonds is 8. The molecule has 1 aliphatic heterocycles. The summed E-state index contributed by atoms with van der Waals surface area (Å²) in [5, 5.41) is 4.87. The Hall–Kier alpha value is -4.40. The minimum Gasteiger partial charge on any atom is -0.497 e. The molecule has 0 unspecified atom stereocenters. The fraction of sp³-hybridized carbons (Fsp3) is 0.200. The van der Waals surface area contributed by atoms with Crippen molar-refractivity contribution in [3.8, 4) is 22.6 Å². The highest BCUT2D eigenvalue weighted by atomic mass is 16.5. The van der Waals surface area contributed by atoms with Crippen molar-refractivity contribution < 1.29 is 23.9 Å². The molecule has 1 aliphatic rings. The highest BCUT2D eigenvalue weighted by molar-refractivity contribution is 5.98. The van der Waals surface area contributed by atoms with E-state index in [1.165, 1.54) is 0 Å². The van der Waals surface area contributed by atoms with E-state index in [1.807, 2.05) is 42.5 Å². The summed E-state index contributed by atoms with van der Waals surface area (Å²) in [5.41, 5.74) is 4.05. The van der Waals surface area contributed by atoms with E-state index >= 15 is 0 Å². The maximum Gasteiger partial charge on any atom is 0.321 e. The highest BCUT2D eigenvalue weighted by Gasteiger charge is 2.30. The minimum absolute atomic E-state index is 0.143. The van der Waals surface area contributed by atoms with Crippen LogP contribution in [-0.4, -0.2) is 49.0 Å². The molecule has 0 fully saturated rings. The number of aromatic nitrogens is 1. The number of pyridine rings is 1. The van der Waals surface area contributed by atoms with Crippen molar-refractivity contribution in [1.82, 2.24) is 20.5 Å². The van der Waals surface area contributed by atoms with Crippen LogP contribution in [0.1, 0.15) is 27.5 Å². The molecular weight excluding hydrogens is 436 g/mol. The molecule has 2 aromatic carbocycles. The summed E-state index contributed by atoms with van der Waals surface area (Å²) in [4.78, 5) is 41.7. The second kappa shape index (κ2) is 10.0. The number of amides is 4. The van der Waals surface area contributed by atoms with Crippen molar-refractivity contribution in [2.24, 2.45) is 0 Å². The first-order chi connectivity index (χ1) is 16.5. The molecule has 174 valence electrons. The topological polar surface area (TPSA) is 110 Å². The van der Waals surface area contributed by atoms with Gasteiger partial charge in [0.15, 0.2) is 0 Å². The maximum absolute atomic E-state index is 13.0. The van der Waals surface area contributed by atoms with Crippen LogP contribution in [0.25, 0.3) is 11.1 Å². The SMILES string of the molecule is COc1cncc(-c2ccc([C@H](CN3Cc4ccc(OC)cc4C3=O)NC(=O)NC=O)cc2)c1. The van der Waals surface area contributed by atoms with Gasteiger partial charge in [0.05, 0.1) is 26.5 Å². The van der Waals surface area contributed by atoms with Crippen molar-refractivity contribution in [3.63, 3.8) is 0 Å². The summed E-state index contributed by atoms with van der Waals surface area (Å²) in [6, 6.07) is 13.6. The normalized spacial score (nSPS) is 13.1. The third kappa shape index (κ3) is 4.83. The van der Waals surface area contributed by atoms with Crippen LogP contribution in [-0.2, 0) is 11.3 Å². The Bertz CT molecular complexity index is 1210. The molecule has 4 rings (SSSR count). The molecule has 1 aromatic heterocycles. The highest BCUT2D eigenvalue weighted by Crippen LogP contribution is 2.29. The third-order valence-corrected chi connectivity index (χ3v) is 5.69. The van der Waals surface area contributed by atoms with E-state index in [9.17, 15) is 14.4 Å². The number of benzene rings is 2. The van der Waals surface area contributed by atoms with Crippen molar-refractivity contribution in [2.75, 3.05) is 20.8 Å². The van der Waals surface area contributed by atoms with Crippen LogP contribution in [0, 0.1) is 0 Å². The number of carbonyl (C=O) groups excluding carboxylic acids is 3. The average Bonchev–Trinajstić information content (AvgIpc) is 3.18. The smallest absolute Gasteiger partial charge is 0.321 e. The van der Waals surface area contributed by atoms with E-state index in [0.717, 1.165) is 22.3 Å². The Balaban J connectivity index is 1.57. The van der Waals surface area contributed by atoms with Crippen LogP contribution in [0.4, 0.5) is 4.79 Å². The quantitative estimate of drug-likeness (QED) is 0.500. The van der Waals surface area contributed by atoms with E-state index in [-0.39, 0.29) is 12.5 Å². The number of nitrogens with zero attached hydrogens (tertiary/aromatic N) is 2. The molecule has 2 N–H and O–H groups in total. The number of nitrogens with one attached hydrogen (secondary N) is 2. The molecule has 0 aliphatic carbocycles. The van der Waals surface area contributed by atoms with E-state index < -0.39 is 12.1 Å². The first-order valence-corrected chi connectivity index (χ1v) is 10.6. The van der Waals surface area contributed by atoms with Gasteiger partial charge in [-0.15, -0.1) is 0 Å². The van der Waals surface area contributed by atoms with E-state index in [1.54, 1.807) is 37.6 Å². The van der Waals surface area contributed by atoms with E-state index in [4.69, 9.17) is 9.47 Å². The summed E-state index contributed by atoms with van der Waals surface area (Å²) in [6.07, 6.45) is 3.68. The van der Waals surface area contributed by atoms with Crippen LogP contribution in [0.15, 0.2) is 60.9 Å². The summed E-state index contributed by atoms with van der Waals surface area (Å²) in [6.45, 7) is 0.640. The molecular formula is C25H24N4O5. The summed E-state index contributed by atoms with van der Waals surface area (Å²) in [7, 11) is 3.13. The van der Waals surface area contributed by atoms with Gasteiger partial charge in [0, 0.05) is 30.4 Å². The molecule has 0 radical (unpaired) electrons. The summed E-state index contributed by atoms with van der Waals surface area (Å²) >= 11 is 0. The van der Waals surface area contributed by atoms with Gasteiger partial charge in [0.1, 0.15) is 11.5 Å². The Morgan fingerprint density at radius 2 is 1.82 bits per heavy atom. The fourth-order valence-corrected chi connectivity index (χ4v) is 3.92. The lowest BCUT2D eigenvalue weighted by Gasteiger charge is -2.25. The van der Waals surface area contributed by atoms with Crippen LogP contribution < -0.4 is 20.1 Å². The molecule has 0 saturated heterocycles. The summed E-state index contributed by atoms with van der Waals surface area (Å²) < 4.78 is 10.5. The first kappa shape index (κ1) is 22.8. The van der Waals surface area contributed by atoms with Gasteiger partial charge in [-0.05, 0) is 34.9 Å². The van der Waals surface area contributed by atoms with Crippen molar-refractivity contribution in [3.05, 3.63) is 77.6 Å². The lowest BCUT2D eigenvalue weighted by molar-refractivity contribution is -0.108. The standard InChI is InChI=1S/C25H24N4O5/c1-33-20-8-7-18-13-29(24(31)22(18)10-20)14-23(28-25(32)27-15-30)17-5-3-16(4-6-17)19-9-21(34-2)12-26-11-19/h3-12,15,23H,13-14H2,1-2H3,(H2,27,28,30,32)/t23-/m0/s1. The lowest BCUT2D eigenvalue weighted by atomic mass is 10.0. The van der Waals surface area contributed by atoms with Gasteiger partial charge in [-0.1, -0.05) is 30.3 Å². The van der Waals surface area contributed by atoms with Gasteiger partial charge in [0.2, 0.25) is 6.41 Å². The van der Waals surface area contributed by atoms with Gasteiger partial charge in [-0.2, -0.15) is 0 Å². The minimum atomic E-state index is -0.646. The Morgan fingerprint density at radius 3 is 2.53 bits per heavy atom. The number of hydrogen-bond acceptors (Lipinski definition) is 6. The molecule has 2 heterocycles. The number of urea groups is 1. The largest absolute Gasteiger partial charge is 0.497 e. The van der Waals surface area contributed by atoms with Crippen LogP contribution in [0.2, 0.25) is 0 Å². The van der Waals surface area contributed by atoms with Gasteiger partial charge < -0.3 is 19.7 Å². The maximum atomic E-state index is 13.0. The average molecular weight is 460 g/mol. The summed E-state index contributed by atoms with van der Waals surface area (Å²) in [5.74, 6) is 1.11. The van der Waals surface area contributed by atoms with Crippen LogP contribution >= 0.6 is 0 Å². The molecule has 1 atom stereocenters. The fourth-order valence-electron chi connectivity index (χ4n) is 3.92. The van der Waals surface area contributed by atoms with Gasteiger partial charge in [-0.25, -0.2) is 4.79 Å². The number of fused-ring (bicyclic) bond motifs is 1. The van der Waals surface area contributed by atoms with Crippen molar-refractivity contribution >= 4 is 18.3 Å². The van der Waals surface area contributed by atoms with Crippen molar-refractivity contribution in [1.29, 1.82) is 0 Å². The molecule has 0 spiro atoms. The first-order valence-electron chi connectivity index (χ1n) is 10.6. The third-order valence-electron chi connectivity index (χ3n) is 5.69. The van der Waals surface area contributed by atoms with Crippen LogP contribution in [0.3, 0.4) is 0 Å². The van der Waals surface area contributed by atoms with Crippen LogP contribution in [0.5, 0.6) is 11.5 Å². The van der Waals surface area contributed by atoms with Gasteiger partial charge in [0.25, 0.3) is 5.91 Å². The molecule has 3 aromatic rings. The van der Waals surface area contributed by atoms with E-state index in [2.05, 4.69) is 15.6 Å². The zero-order valence-corrected chi connectivity index (χ0v) is 18.8. The Kier molecular flexibility index (Phi) is 6.72. The number of ether oxygens (including phenoxy) is 2. The predicted molar refractivity (Wildman–Crippen MR) is 124 cm³/mol. The number of methoxy groups -OCH3 is 2. The number of carbonyl (C=O) groups is 3. The molecule has 0 saturated carbocycles. The zero-order chi connectivity index (χ0) is 24.1.